The first-order chi connectivity index (χ1) is 11.2. The number of nitrogens with two attached hydrogens (primary N) is 2. The molecule has 0 bridgehead atoms. The van der Waals surface area contributed by atoms with Crippen LogP contribution in [0.1, 0.15) is 26.3 Å². The summed E-state index contributed by atoms with van der Waals surface area (Å²) in [7, 11) is 0. The fraction of sp³-hybridized carbons (Fsp3) is 0.471. The normalized spacial score (nSPS) is 14.5. The minimum absolute atomic E-state index is 0.169. The van der Waals surface area contributed by atoms with E-state index < -0.39 is 35.8 Å². The van der Waals surface area contributed by atoms with Crippen molar-refractivity contribution in [2.75, 3.05) is 0 Å². The SMILES string of the molecule is CC(C)[C@H](NC(=O)[C@@H](N)Cc1ccccc1)C(=O)N[C@@H](C)C(N)=O. The largest absolute Gasteiger partial charge is 0.368 e. The molecule has 7 heteroatoms. The Hall–Kier alpha value is -2.41. The van der Waals surface area contributed by atoms with Gasteiger partial charge in [0.25, 0.3) is 0 Å². The van der Waals surface area contributed by atoms with E-state index in [1.54, 1.807) is 13.8 Å². The molecule has 132 valence electrons. The molecule has 7 nitrogen and oxygen atoms in total. The van der Waals surface area contributed by atoms with Crippen LogP contribution in [0, 0.1) is 5.92 Å². The van der Waals surface area contributed by atoms with Gasteiger partial charge < -0.3 is 22.1 Å². The van der Waals surface area contributed by atoms with E-state index >= 15 is 0 Å². The zero-order chi connectivity index (χ0) is 18.3. The minimum Gasteiger partial charge on any atom is -0.368 e. The van der Waals surface area contributed by atoms with Gasteiger partial charge in [0.05, 0.1) is 6.04 Å². The summed E-state index contributed by atoms with van der Waals surface area (Å²) in [5.74, 6) is -1.69. The highest BCUT2D eigenvalue weighted by Crippen LogP contribution is 2.05. The lowest BCUT2D eigenvalue weighted by molar-refractivity contribution is -0.132. The molecule has 1 aromatic rings. The zero-order valence-electron chi connectivity index (χ0n) is 14.3. The lowest BCUT2D eigenvalue weighted by atomic mass is 10.0. The predicted octanol–water partition coefficient (Wildman–Crippen LogP) is -0.313. The number of rotatable bonds is 8. The molecule has 6 N–H and O–H groups in total. The van der Waals surface area contributed by atoms with Crippen molar-refractivity contribution in [3.05, 3.63) is 35.9 Å². The number of primary amides is 1. The summed E-state index contributed by atoms with van der Waals surface area (Å²) in [6.07, 6.45) is 0.372. The number of amides is 3. The third kappa shape index (κ3) is 6.00. The van der Waals surface area contributed by atoms with Gasteiger partial charge in [-0.1, -0.05) is 44.2 Å². The molecule has 0 spiro atoms. The molecular weight excluding hydrogens is 308 g/mol. The summed E-state index contributed by atoms with van der Waals surface area (Å²) >= 11 is 0. The number of carbonyl (C=O) groups is 3. The van der Waals surface area contributed by atoms with E-state index in [0.717, 1.165) is 5.56 Å². The maximum atomic E-state index is 12.3. The van der Waals surface area contributed by atoms with Crippen molar-refractivity contribution in [2.24, 2.45) is 17.4 Å². The highest BCUT2D eigenvalue weighted by atomic mass is 16.2. The van der Waals surface area contributed by atoms with Crippen molar-refractivity contribution >= 4 is 17.7 Å². The Morgan fingerprint density at radius 1 is 1.00 bits per heavy atom. The van der Waals surface area contributed by atoms with E-state index in [2.05, 4.69) is 10.6 Å². The molecule has 3 amide bonds. The molecule has 0 aliphatic rings. The molecular formula is C17H26N4O3. The zero-order valence-corrected chi connectivity index (χ0v) is 14.3. The smallest absolute Gasteiger partial charge is 0.243 e. The molecule has 1 aromatic carbocycles. The summed E-state index contributed by atoms with van der Waals surface area (Å²) in [4.78, 5) is 35.6. The molecule has 24 heavy (non-hydrogen) atoms. The average Bonchev–Trinajstić information content (AvgIpc) is 2.52. The monoisotopic (exact) mass is 334 g/mol. The quantitative estimate of drug-likeness (QED) is 0.520. The van der Waals surface area contributed by atoms with Crippen LogP contribution < -0.4 is 22.1 Å². The molecule has 0 saturated carbocycles. The van der Waals surface area contributed by atoms with Gasteiger partial charge in [0.1, 0.15) is 12.1 Å². The second kappa shape index (κ2) is 9.02. The van der Waals surface area contributed by atoms with Crippen molar-refractivity contribution < 1.29 is 14.4 Å². The van der Waals surface area contributed by atoms with E-state index in [9.17, 15) is 14.4 Å². The Labute approximate surface area is 142 Å². The third-order valence-electron chi connectivity index (χ3n) is 3.67. The number of carbonyl (C=O) groups excluding carboxylic acids is 3. The van der Waals surface area contributed by atoms with Crippen LogP contribution in [0.15, 0.2) is 30.3 Å². The summed E-state index contributed by atoms with van der Waals surface area (Å²) < 4.78 is 0. The molecule has 0 radical (unpaired) electrons. The van der Waals surface area contributed by atoms with Crippen LogP contribution in [0.25, 0.3) is 0 Å². The predicted molar refractivity (Wildman–Crippen MR) is 91.7 cm³/mol. The molecule has 0 unspecified atom stereocenters. The molecule has 0 aromatic heterocycles. The van der Waals surface area contributed by atoms with Gasteiger partial charge in [-0.3, -0.25) is 14.4 Å². The molecule has 0 aliphatic heterocycles. The maximum absolute atomic E-state index is 12.3. The standard InChI is InChI=1S/C17H26N4O3/c1-10(2)14(17(24)20-11(3)15(19)22)21-16(23)13(18)9-12-7-5-4-6-8-12/h4-8,10-11,13-14H,9,18H2,1-3H3,(H2,19,22)(H,20,24)(H,21,23)/t11-,13-,14-/m0/s1. The maximum Gasteiger partial charge on any atom is 0.243 e. The van der Waals surface area contributed by atoms with Crippen LogP contribution in [0.2, 0.25) is 0 Å². The number of nitrogens with one attached hydrogen (secondary N) is 2. The van der Waals surface area contributed by atoms with E-state index in [1.165, 1.54) is 6.92 Å². The number of hydrogen-bond acceptors (Lipinski definition) is 4. The van der Waals surface area contributed by atoms with Gasteiger partial charge in [-0.05, 0) is 24.8 Å². The van der Waals surface area contributed by atoms with Crippen LogP contribution >= 0.6 is 0 Å². The highest BCUT2D eigenvalue weighted by Gasteiger charge is 2.28. The first-order valence-electron chi connectivity index (χ1n) is 7.92. The fourth-order valence-electron chi connectivity index (χ4n) is 2.13. The summed E-state index contributed by atoms with van der Waals surface area (Å²) in [5, 5.41) is 5.14. The van der Waals surface area contributed by atoms with E-state index in [-0.39, 0.29) is 5.92 Å². The van der Waals surface area contributed by atoms with Gasteiger partial charge >= 0.3 is 0 Å². The van der Waals surface area contributed by atoms with E-state index in [1.807, 2.05) is 30.3 Å². The Morgan fingerprint density at radius 2 is 1.58 bits per heavy atom. The first-order valence-corrected chi connectivity index (χ1v) is 7.92. The van der Waals surface area contributed by atoms with Gasteiger partial charge in [-0.25, -0.2) is 0 Å². The van der Waals surface area contributed by atoms with Crippen molar-refractivity contribution in [1.82, 2.24) is 10.6 Å². The fourth-order valence-corrected chi connectivity index (χ4v) is 2.13. The molecule has 0 fully saturated rings. The molecule has 0 saturated heterocycles. The summed E-state index contributed by atoms with van der Waals surface area (Å²) in [6.45, 7) is 5.07. The van der Waals surface area contributed by atoms with E-state index in [0.29, 0.717) is 6.42 Å². The first kappa shape index (κ1) is 19.6. The Balaban J connectivity index is 2.68. The van der Waals surface area contributed by atoms with Crippen LogP contribution in [-0.2, 0) is 20.8 Å². The van der Waals surface area contributed by atoms with Gasteiger partial charge in [-0.2, -0.15) is 0 Å². The second-order valence-corrected chi connectivity index (χ2v) is 6.16. The van der Waals surface area contributed by atoms with Gasteiger partial charge in [0, 0.05) is 0 Å². The topological polar surface area (TPSA) is 127 Å². The van der Waals surface area contributed by atoms with Crippen molar-refractivity contribution in [3.8, 4) is 0 Å². The highest BCUT2D eigenvalue weighted by molar-refractivity contribution is 5.92. The average molecular weight is 334 g/mol. The number of hydrogen-bond donors (Lipinski definition) is 4. The Bertz CT molecular complexity index is 574. The second-order valence-electron chi connectivity index (χ2n) is 6.16. The Kier molecular flexibility index (Phi) is 7.38. The van der Waals surface area contributed by atoms with Gasteiger partial charge in [0.2, 0.25) is 17.7 Å². The van der Waals surface area contributed by atoms with Crippen molar-refractivity contribution in [3.63, 3.8) is 0 Å². The number of benzene rings is 1. The van der Waals surface area contributed by atoms with Crippen LogP contribution in [0.4, 0.5) is 0 Å². The lowest BCUT2D eigenvalue weighted by Crippen LogP contribution is -2.56. The van der Waals surface area contributed by atoms with Crippen molar-refractivity contribution in [1.29, 1.82) is 0 Å². The summed E-state index contributed by atoms with van der Waals surface area (Å²) in [6, 6.07) is 7.02. The van der Waals surface area contributed by atoms with Gasteiger partial charge in [-0.15, -0.1) is 0 Å². The van der Waals surface area contributed by atoms with Crippen LogP contribution in [0.3, 0.4) is 0 Å². The summed E-state index contributed by atoms with van der Waals surface area (Å²) in [5.41, 5.74) is 12.0. The molecule has 0 aliphatic carbocycles. The third-order valence-corrected chi connectivity index (χ3v) is 3.67. The molecule has 3 atom stereocenters. The Morgan fingerprint density at radius 3 is 2.08 bits per heavy atom. The van der Waals surface area contributed by atoms with E-state index in [4.69, 9.17) is 11.5 Å². The van der Waals surface area contributed by atoms with Crippen molar-refractivity contribution in [2.45, 2.75) is 45.3 Å². The van der Waals surface area contributed by atoms with Crippen LogP contribution in [0.5, 0.6) is 0 Å². The molecule has 0 heterocycles. The van der Waals surface area contributed by atoms with Crippen LogP contribution in [-0.4, -0.2) is 35.8 Å². The molecule has 1 rings (SSSR count). The minimum atomic E-state index is -0.811. The van der Waals surface area contributed by atoms with Gasteiger partial charge in [0.15, 0.2) is 0 Å². The lowest BCUT2D eigenvalue weighted by Gasteiger charge is -2.24.